The highest BCUT2D eigenvalue weighted by molar-refractivity contribution is 6.86. The molecule has 0 radical (unpaired) electrons. The average molecular weight is 170 g/mol. The van der Waals surface area contributed by atoms with Crippen molar-refractivity contribution in [3.8, 4) is 0 Å². The smallest absolute Gasteiger partial charge is 0.0798 e. The molecule has 0 rings (SSSR count). The molecule has 0 amide bonds. The van der Waals surface area contributed by atoms with Crippen LogP contribution in [0.1, 0.15) is 34.1 Å². The second-order valence-corrected chi connectivity index (χ2v) is 8.85. The minimum atomic E-state index is -1.02. The summed E-state index contributed by atoms with van der Waals surface area (Å²) in [4.78, 5) is 0. The van der Waals surface area contributed by atoms with Crippen molar-refractivity contribution in [2.75, 3.05) is 0 Å². The third-order valence-electron chi connectivity index (χ3n) is 2.99. The molecule has 0 fully saturated rings. The zero-order valence-electron chi connectivity index (χ0n) is 8.54. The van der Waals surface area contributed by atoms with E-state index in [1.165, 1.54) is 29.7 Å². The molecule has 0 atom stereocenters. The molecular weight excluding hydrogens is 148 g/mol. The van der Waals surface area contributed by atoms with Crippen LogP contribution in [0.5, 0.6) is 0 Å². The third kappa shape index (κ3) is 2.48. The lowest BCUT2D eigenvalue weighted by Crippen LogP contribution is -2.33. The summed E-state index contributed by atoms with van der Waals surface area (Å²) in [6.07, 6.45) is 1.33. The van der Waals surface area contributed by atoms with Crippen molar-refractivity contribution in [2.45, 2.75) is 52.2 Å². The summed E-state index contributed by atoms with van der Waals surface area (Å²) in [5.74, 6) is 0. The number of rotatable bonds is 5. The lowest BCUT2D eigenvalue weighted by Gasteiger charge is -2.29. The van der Waals surface area contributed by atoms with Gasteiger partial charge in [-0.3, -0.25) is 0 Å². The molecule has 0 aromatic heterocycles. The molecule has 66 valence electrons. The van der Waals surface area contributed by atoms with Crippen LogP contribution >= 0.6 is 0 Å². The molecule has 0 aliphatic rings. The lowest BCUT2D eigenvalue weighted by atomic mass is 10.6. The first-order valence-corrected chi connectivity index (χ1v) is 7.41. The Labute approximate surface area is 72.7 Å². The van der Waals surface area contributed by atoms with Gasteiger partial charge in [0, 0.05) is 0 Å². The van der Waals surface area contributed by atoms with Crippen molar-refractivity contribution in [3.63, 3.8) is 0 Å². The maximum Gasteiger partial charge on any atom is 0.0798 e. The molecule has 0 aromatic rings. The van der Waals surface area contributed by atoms with Gasteiger partial charge in [0.05, 0.1) is 8.07 Å². The van der Waals surface area contributed by atoms with Crippen molar-refractivity contribution in [1.29, 1.82) is 0 Å². The van der Waals surface area contributed by atoms with Crippen LogP contribution in [0.2, 0.25) is 18.1 Å². The highest BCUT2D eigenvalue weighted by Crippen LogP contribution is 2.28. The highest BCUT2D eigenvalue weighted by atomic mass is 28.3. The first-order chi connectivity index (χ1) is 5.13. The third-order valence-corrected chi connectivity index (χ3v) is 8.96. The first-order valence-electron chi connectivity index (χ1n) is 4.79. The normalized spacial score (nSPS) is 11.6. The van der Waals surface area contributed by atoms with Gasteiger partial charge in [-0.15, -0.1) is 6.58 Å². The molecule has 0 aliphatic carbocycles. The van der Waals surface area contributed by atoms with Gasteiger partial charge in [0.25, 0.3) is 0 Å². The highest BCUT2D eigenvalue weighted by Gasteiger charge is 2.28. The van der Waals surface area contributed by atoms with E-state index in [0.29, 0.717) is 0 Å². The van der Waals surface area contributed by atoms with E-state index in [9.17, 15) is 0 Å². The molecule has 0 saturated heterocycles. The molecule has 11 heavy (non-hydrogen) atoms. The van der Waals surface area contributed by atoms with Crippen molar-refractivity contribution < 1.29 is 0 Å². The van der Waals surface area contributed by atoms with Crippen molar-refractivity contribution in [2.24, 2.45) is 0 Å². The summed E-state index contributed by atoms with van der Waals surface area (Å²) < 4.78 is 0. The van der Waals surface area contributed by atoms with Crippen molar-refractivity contribution in [3.05, 3.63) is 11.8 Å². The quantitative estimate of drug-likeness (QED) is 0.547. The molecular formula is C10H22Si. The Kier molecular flexibility index (Phi) is 4.74. The fourth-order valence-electron chi connectivity index (χ4n) is 1.90. The van der Waals surface area contributed by atoms with E-state index >= 15 is 0 Å². The van der Waals surface area contributed by atoms with Gasteiger partial charge in [-0.25, -0.2) is 0 Å². The largest absolute Gasteiger partial charge is 0.104 e. The van der Waals surface area contributed by atoms with Crippen LogP contribution in [-0.4, -0.2) is 8.07 Å². The fraction of sp³-hybridized carbons (Fsp3) is 0.800. The zero-order valence-corrected chi connectivity index (χ0v) is 9.54. The van der Waals surface area contributed by atoms with Crippen LogP contribution < -0.4 is 0 Å². The number of allylic oxidation sites excluding steroid dienone is 1. The monoisotopic (exact) mass is 170 g/mol. The topological polar surface area (TPSA) is 0 Å². The number of hydrogen-bond acceptors (Lipinski definition) is 0. The molecule has 0 heterocycles. The minimum absolute atomic E-state index is 1.02. The maximum atomic E-state index is 4.15. The van der Waals surface area contributed by atoms with E-state index in [1.54, 1.807) is 0 Å². The molecule has 0 unspecified atom stereocenters. The Morgan fingerprint density at radius 3 is 1.73 bits per heavy atom. The molecule has 0 aromatic carbocycles. The summed E-state index contributed by atoms with van der Waals surface area (Å²) in [6, 6.07) is 4.20. The van der Waals surface area contributed by atoms with Gasteiger partial charge in [-0.05, 0) is 6.92 Å². The van der Waals surface area contributed by atoms with Crippen LogP contribution in [0, 0.1) is 0 Å². The standard InChI is InChI=1S/C10H22Si/c1-6-9-11(7-2,8-3)10(4)5/h4,6-9H2,1-3,5H3. The maximum absolute atomic E-state index is 4.15. The summed E-state index contributed by atoms with van der Waals surface area (Å²) in [5, 5.41) is 1.50. The predicted octanol–water partition coefficient (Wildman–Crippen LogP) is 4.00. The Hall–Kier alpha value is -0.0431. The van der Waals surface area contributed by atoms with Gasteiger partial charge in [0.2, 0.25) is 0 Å². The van der Waals surface area contributed by atoms with Crippen LogP contribution in [-0.2, 0) is 0 Å². The van der Waals surface area contributed by atoms with Crippen LogP contribution in [0.3, 0.4) is 0 Å². The Balaban J connectivity index is 4.32. The second kappa shape index (κ2) is 4.76. The molecule has 0 nitrogen and oxygen atoms in total. The van der Waals surface area contributed by atoms with Crippen molar-refractivity contribution >= 4 is 8.07 Å². The fourth-order valence-corrected chi connectivity index (χ4v) is 5.70. The van der Waals surface area contributed by atoms with Gasteiger partial charge in [0.15, 0.2) is 0 Å². The van der Waals surface area contributed by atoms with Gasteiger partial charge < -0.3 is 0 Å². The van der Waals surface area contributed by atoms with Gasteiger partial charge in [-0.2, -0.15) is 0 Å². The predicted molar refractivity (Wildman–Crippen MR) is 56.6 cm³/mol. The van der Waals surface area contributed by atoms with Crippen LogP contribution in [0.15, 0.2) is 11.8 Å². The lowest BCUT2D eigenvalue weighted by molar-refractivity contribution is 1.01. The molecule has 0 bridgehead atoms. The van der Waals surface area contributed by atoms with E-state index in [2.05, 4.69) is 34.3 Å². The minimum Gasteiger partial charge on any atom is -0.104 e. The van der Waals surface area contributed by atoms with Crippen LogP contribution in [0.25, 0.3) is 0 Å². The van der Waals surface area contributed by atoms with Gasteiger partial charge in [-0.1, -0.05) is 50.5 Å². The van der Waals surface area contributed by atoms with Crippen LogP contribution in [0.4, 0.5) is 0 Å². The van der Waals surface area contributed by atoms with E-state index < -0.39 is 8.07 Å². The zero-order chi connectivity index (χ0) is 8.91. The molecule has 0 spiro atoms. The Morgan fingerprint density at radius 2 is 1.64 bits per heavy atom. The SMILES string of the molecule is C=C(C)[Si](CC)(CC)CCC. The van der Waals surface area contributed by atoms with E-state index in [1.807, 2.05) is 0 Å². The first kappa shape index (κ1) is 11.0. The molecule has 0 saturated carbocycles. The summed E-state index contributed by atoms with van der Waals surface area (Å²) in [7, 11) is -1.02. The van der Waals surface area contributed by atoms with Crippen molar-refractivity contribution in [1.82, 2.24) is 0 Å². The summed E-state index contributed by atoms with van der Waals surface area (Å²) in [5.41, 5.74) is 0. The Morgan fingerprint density at radius 1 is 1.18 bits per heavy atom. The summed E-state index contributed by atoms with van der Waals surface area (Å²) in [6.45, 7) is 13.3. The second-order valence-electron chi connectivity index (χ2n) is 3.52. The number of hydrogen-bond donors (Lipinski definition) is 0. The van der Waals surface area contributed by atoms with Gasteiger partial charge >= 0.3 is 0 Å². The molecule has 1 heteroatoms. The van der Waals surface area contributed by atoms with E-state index in [0.717, 1.165) is 0 Å². The summed E-state index contributed by atoms with van der Waals surface area (Å²) >= 11 is 0. The molecule has 0 N–H and O–H groups in total. The Bertz CT molecular complexity index is 123. The van der Waals surface area contributed by atoms with E-state index in [4.69, 9.17) is 0 Å². The molecule has 0 aliphatic heterocycles. The van der Waals surface area contributed by atoms with Gasteiger partial charge in [0.1, 0.15) is 0 Å². The average Bonchev–Trinajstić information content (AvgIpc) is 2.00. The van der Waals surface area contributed by atoms with E-state index in [-0.39, 0.29) is 0 Å².